The molecular weight excluding hydrogens is 369 g/mol. The number of halogens is 2. The lowest BCUT2D eigenvalue weighted by molar-refractivity contribution is -0.194. The minimum Gasteiger partial charge on any atom is -0.482 e. The van der Waals surface area contributed by atoms with Crippen LogP contribution in [0.4, 0.5) is 0 Å². The number of hydrogen-bond donors (Lipinski definition) is 2. The highest BCUT2D eigenvalue weighted by Gasteiger charge is 2.66. The summed E-state index contributed by atoms with van der Waals surface area (Å²) in [5.74, 6) is -1.34. The molecule has 0 aromatic heterocycles. The average Bonchev–Trinajstić information content (AvgIpc) is 2.52. The zero-order valence-corrected chi connectivity index (χ0v) is 15.8. The normalized spacial score (nSPS) is 24.3. The van der Waals surface area contributed by atoms with Crippen molar-refractivity contribution in [2.75, 3.05) is 13.2 Å². The molecule has 0 radical (unpaired) electrons. The highest BCUT2D eigenvalue weighted by molar-refractivity contribution is 6.35. The summed E-state index contributed by atoms with van der Waals surface area (Å²) in [6.07, 6.45) is -0.0306. The predicted molar refractivity (Wildman–Crippen MR) is 94.3 cm³/mol. The second kappa shape index (κ2) is 7.40. The molecule has 2 atom stereocenters. The summed E-state index contributed by atoms with van der Waals surface area (Å²) in [5, 5.41) is 13.0. The molecule has 0 spiro atoms. The average molecular weight is 390 g/mol. The number of aliphatic carboxylic acids is 1. The van der Waals surface area contributed by atoms with E-state index >= 15 is 0 Å². The molecule has 2 rings (SSSR count). The first-order valence-electron chi connectivity index (χ1n) is 7.88. The standard InChI is InChI=1S/C17H21Cl2NO5/c1-4-24-13-8-17(15(22)23,16(13,2)3)20-14(21)9-25-12-6-5-10(18)7-11(12)19/h5-7,13H,4,8-9H2,1-3H3,(H,20,21)(H,22,23). The van der Waals surface area contributed by atoms with E-state index in [0.717, 1.165) is 0 Å². The van der Waals surface area contributed by atoms with E-state index in [0.29, 0.717) is 17.4 Å². The van der Waals surface area contributed by atoms with Crippen LogP contribution >= 0.6 is 23.2 Å². The van der Waals surface area contributed by atoms with Crippen molar-refractivity contribution in [1.29, 1.82) is 0 Å². The van der Waals surface area contributed by atoms with Crippen molar-refractivity contribution < 1.29 is 24.2 Å². The topological polar surface area (TPSA) is 84.9 Å². The summed E-state index contributed by atoms with van der Waals surface area (Å²) in [4.78, 5) is 24.1. The largest absolute Gasteiger partial charge is 0.482 e. The van der Waals surface area contributed by atoms with Gasteiger partial charge in [-0.3, -0.25) is 4.79 Å². The van der Waals surface area contributed by atoms with Crippen LogP contribution in [0.3, 0.4) is 0 Å². The molecule has 0 aliphatic heterocycles. The van der Waals surface area contributed by atoms with E-state index in [1.807, 2.05) is 6.92 Å². The lowest BCUT2D eigenvalue weighted by Gasteiger charge is -2.58. The first kappa shape index (κ1) is 19.8. The minimum atomic E-state index is -1.39. The third-order valence-electron chi connectivity index (χ3n) is 4.73. The van der Waals surface area contributed by atoms with Crippen LogP contribution in [-0.2, 0) is 14.3 Å². The van der Waals surface area contributed by atoms with Gasteiger partial charge in [0.05, 0.1) is 11.1 Å². The maximum atomic E-state index is 12.3. The van der Waals surface area contributed by atoms with Crippen molar-refractivity contribution in [3.63, 3.8) is 0 Å². The van der Waals surface area contributed by atoms with Gasteiger partial charge in [0.2, 0.25) is 0 Å². The Bertz CT molecular complexity index is 679. The molecule has 1 aromatic rings. The number of carbonyl (C=O) groups is 2. The van der Waals surface area contributed by atoms with Crippen LogP contribution in [0.1, 0.15) is 27.2 Å². The molecule has 0 saturated heterocycles. The van der Waals surface area contributed by atoms with Gasteiger partial charge < -0.3 is 19.9 Å². The third kappa shape index (κ3) is 3.71. The van der Waals surface area contributed by atoms with Gasteiger partial charge in [-0.15, -0.1) is 0 Å². The van der Waals surface area contributed by atoms with Crippen LogP contribution in [0, 0.1) is 5.41 Å². The Morgan fingerprint density at radius 2 is 2.04 bits per heavy atom. The molecule has 138 valence electrons. The summed E-state index contributed by atoms with van der Waals surface area (Å²) in [6, 6.07) is 4.63. The highest BCUT2D eigenvalue weighted by atomic mass is 35.5. The zero-order valence-electron chi connectivity index (χ0n) is 14.3. The molecule has 0 heterocycles. The fourth-order valence-electron chi connectivity index (χ4n) is 3.05. The lowest BCUT2D eigenvalue weighted by atomic mass is 9.54. The Morgan fingerprint density at radius 3 is 2.56 bits per heavy atom. The Kier molecular flexibility index (Phi) is 5.86. The number of carboxylic acids is 1. The SMILES string of the molecule is CCOC1CC(NC(=O)COc2ccc(Cl)cc2Cl)(C(=O)O)C1(C)C. The molecule has 1 aliphatic rings. The molecule has 25 heavy (non-hydrogen) atoms. The number of rotatable bonds is 7. The van der Waals surface area contributed by atoms with Gasteiger partial charge in [0.15, 0.2) is 6.61 Å². The van der Waals surface area contributed by atoms with Crippen LogP contribution in [0.15, 0.2) is 18.2 Å². The number of benzene rings is 1. The number of hydrogen-bond acceptors (Lipinski definition) is 4. The molecule has 6 nitrogen and oxygen atoms in total. The van der Waals surface area contributed by atoms with E-state index in [-0.39, 0.29) is 24.2 Å². The Morgan fingerprint density at radius 1 is 1.36 bits per heavy atom. The molecule has 1 fully saturated rings. The molecule has 8 heteroatoms. The van der Waals surface area contributed by atoms with Gasteiger partial charge in [-0.2, -0.15) is 0 Å². The second-order valence-corrected chi connectivity index (χ2v) is 7.34. The smallest absolute Gasteiger partial charge is 0.330 e. The Hall–Kier alpha value is -1.50. The fraction of sp³-hybridized carbons (Fsp3) is 0.529. The van der Waals surface area contributed by atoms with E-state index in [2.05, 4.69) is 5.32 Å². The Labute approximate surface area is 156 Å². The van der Waals surface area contributed by atoms with Gasteiger partial charge in [-0.25, -0.2) is 4.79 Å². The highest BCUT2D eigenvalue weighted by Crippen LogP contribution is 2.51. The molecule has 1 aromatic carbocycles. The van der Waals surface area contributed by atoms with Crippen LogP contribution in [0.25, 0.3) is 0 Å². The molecule has 1 aliphatic carbocycles. The van der Waals surface area contributed by atoms with Gasteiger partial charge in [0.1, 0.15) is 11.3 Å². The van der Waals surface area contributed by atoms with Crippen molar-refractivity contribution in [3.05, 3.63) is 28.2 Å². The molecule has 1 amide bonds. The maximum Gasteiger partial charge on any atom is 0.330 e. The van der Waals surface area contributed by atoms with Gasteiger partial charge in [-0.05, 0) is 25.1 Å². The molecular formula is C17H21Cl2NO5. The van der Waals surface area contributed by atoms with Crippen molar-refractivity contribution in [1.82, 2.24) is 5.32 Å². The summed E-state index contributed by atoms with van der Waals surface area (Å²) in [5.41, 5.74) is -2.14. The lowest BCUT2D eigenvalue weighted by Crippen LogP contribution is -2.76. The van der Waals surface area contributed by atoms with Crippen molar-refractivity contribution in [3.8, 4) is 5.75 Å². The maximum absolute atomic E-state index is 12.3. The first-order chi connectivity index (χ1) is 11.6. The summed E-state index contributed by atoms with van der Waals surface area (Å²) >= 11 is 11.8. The van der Waals surface area contributed by atoms with Crippen LogP contribution in [-0.4, -0.2) is 41.8 Å². The first-order valence-corrected chi connectivity index (χ1v) is 8.63. The number of ether oxygens (including phenoxy) is 2. The number of carboxylic acid groups (broad SMARTS) is 1. The van der Waals surface area contributed by atoms with Gasteiger partial charge in [-0.1, -0.05) is 37.0 Å². The summed E-state index contributed by atoms with van der Waals surface area (Å²) in [7, 11) is 0. The van der Waals surface area contributed by atoms with E-state index < -0.39 is 22.8 Å². The fourth-order valence-corrected chi connectivity index (χ4v) is 3.51. The van der Waals surface area contributed by atoms with E-state index in [1.54, 1.807) is 26.0 Å². The van der Waals surface area contributed by atoms with Crippen LogP contribution in [0.5, 0.6) is 5.75 Å². The van der Waals surface area contributed by atoms with E-state index in [9.17, 15) is 14.7 Å². The Balaban J connectivity index is 2.03. The number of carbonyl (C=O) groups excluding carboxylic acids is 1. The van der Waals surface area contributed by atoms with Gasteiger partial charge >= 0.3 is 5.97 Å². The summed E-state index contributed by atoms with van der Waals surface area (Å²) in [6.45, 7) is 5.51. The second-order valence-electron chi connectivity index (χ2n) is 6.49. The predicted octanol–water partition coefficient (Wildman–Crippen LogP) is 3.15. The zero-order chi connectivity index (χ0) is 18.8. The van der Waals surface area contributed by atoms with E-state index in [4.69, 9.17) is 32.7 Å². The van der Waals surface area contributed by atoms with Crippen LogP contribution in [0.2, 0.25) is 10.0 Å². The summed E-state index contributed by atoms with van der Waals surface area (Å²) < 4.78 is 10.9. The monoisotopic (exact) mass is 389 g/mol. The molecule has 2 N–H and O–H groups in total. The van der Waals surface area contributed by atoms with Gasteiger partial charge in [0, 0.05) is 23.5 Å². The van der Waals surface area contributed by atoms with Crippen molar-refractivity contribution in [2.24, 2.45) is 5.41 Å². The number of nitrogens with one attached hydrogen (secondary N) is 1. The third-order valence-corrected chi connectivity index (χ3v) is 5.27. The van der Waals surface area contributed by atoms with Crippen LogP contribution < -0.4 is 10.1 Å². The molecule has 0 bridgehead atoms. The quantitative estimate of drug-likeness (QED) is 0.747. The van der Waals surface area contributed by atoms with E-state index in [1.165, 1.54) is 6.07 Å². The minimum absolute atomic E-state index is 0.205. The van der Waals surface area contributed by atoms with Gasteiger partial charge in [0.25, 0.3) is 5.91 Å². The number of amides is 1. The molecule has 1 saturated carbocycles. The van der Waals surface area contributed by atoms with Crippen molar-refractivity contribution in [2.45, 2.75) is 38.8 Å². The molecule has 2 unspecified atom stereocenters. The van der Waals surface area contributed by atoms with Crippen molar-refractivity contribution >= 4 is 35.1 Å².